The third-order valence-corrected chi connectivity index (χ3v) is 11.8. The predicted molar refractivity (Wildman–Crippen MR) is 136 cm³/mol. The Hall–Kier alpha value is -2.83. The number of rotatable bonds is 7. The largest absolute Gasteiger partial charge is 0.490 e. The summed E-state index contributed by atoms with van der Waals surface area (Å²) in [6.45, 7) is 6.88. The second-order valence-electron chi connectivity index (χ2n) is 10.0. The molecule has 34 heavy (non-hydrogen) atoms. The van der Waals surface area contributed by atoms with Crippen molar-refractivity contribution in [2.24, 2.45) is 0 Å². The van der Waals surface area contributed by atoms with E-state index in [9.17, 15) is 9.90 Å². The summed E-state index contributed by atoms with van der Waals surface area (Å²) < 4.78 is 18.6. The van der Waals surface area contributed by atoms with Gasteiger partial charge in [0.15, 0.2) is 0 Å². The van der Waals surface area contributed by atoms with Crippen LogP contribution in [0, 0.1) is 0 Å². The van der Waals surface area contributed by atoms with E-state index in [2.05, 4.69) is 81.4 Å². The molecule has 0 spiro atoms. The van der Waals surface area contributed by atoms with Gasteiger partial charge in [-0.1, -0.05) is 81.4 Å². The lowest BCUT2D eigenvalue weighted by atomic mass is 9.95. The fourth-order valence-corrected chi connectivity index (χ4v) is 9.85. The lowest BCUT2D eigenvalue weighted by molar-refractivity contribution is -0.148. The van der Waals surface area contributed by atoms with Gasteiger partial charge in [-0.25, -0.2) is 4.79 Å². The number of benzene rings is 2. The second kappa shape index (κ2) is 10.2. The Morgan fingerprint density at radius 1 is 0.912 bits per heavy atom. The molecule has 1 unspecified atom stereocenters. The van der Waals surface area contributed by atoms with Crippen LogP contribution in [0.5, 0.6) is 0 Å². The van der Waals surface area contributed by atoms with Gasteiger partial charge in [0.1, 0.15) is 5.76 Å². The van der Waals surface area contributed by atoms with Gasteiger partial charge in [-0.3, -0.25) is 0 Å². The molecule has 1 atom stereocenters. The molecule has 1 aliphatic heterocycles. The molecule has 0 radical (unpaired) electrons. The summed E-state index contributed by atoms with van der Waals surface area (Å²) in [6, 6.07) is 21.4. The average Bonchev–Trinajstić information content (AvgIpc) is 2.84. The first kappa shape index (κ1) is 24.3. The number of carboxylic acids is 1. The number of carbonyl (C=O) groups is 1. The van der Waals surface area contributed by atoms with Crippen molar-refractivity contribution in [3.63, 3.8) is 0 Å². The molecular weight excluding hydrogens is 444 g/mol. The first-order chi connectivity index (χ1) is 16.3. The topological polar surface area (TPSA) is 65.0 Å². The number of ether oxygens (including phenoxy) is 2. The van der Waals surface area contributed by atoms with E-state index in [1.54, 1.807) is 12.2 Å². The molecule has 0 aromatic heterocycles. The van der Waals surface area contributed by atoms with Crippen molar-refractivity contribution in [1.29, 1.82) is 0 Å². The van der Waals surface area contributed by atoms with Crippen molar-refractivity contribution in [2.45, 2.75) is 69.8 Å². The maximum atomic E-state index is 11.5. The maximum absolute atomic E-state index is 11.5. The van der Waals surface area contributed by atoms with Crippen LogP contribution in [0.1, 0.15) is 46.5 Å². The molecule has 1 saturated carbocycles. The van der Waals surface area contributed by atoms with E-state index in [4.69, 9.17) is 13.9 Å². The monoisotopic (exact) mass is 478 g/mol. The highest BCUT2D eigenvalue weighted by Crippen LogP contribution is 2.39. The quantitative estimate of drug-likeness (QED) is 0.581. The molecule has 5 nitrogen and oxygen atoms in total. The van der Waals surface area contributed by atoms with Crippen LogP contribution < -0.4 is 10.4 Å². The van der Waals surface area contributed by atoms with Crippen LogP contribution in [-0.2, 0) is 18.7 Å². The van der Waals surface area contributed by atoms with Crippen molar-refractivity contribution in [3.8, 4) is 0 Å². The summed E-state index contributed by atoms with van der Waals surface area (Å²) in [7, 11) is -2.59. The van der Waals surface area contributed by atoms with E-state index < -0.39 is 20.4 Å². The Labute approximate surface area is 203 Å². The molecule has 2 aliphatic rings. The van der Waals surface area contributed by atoms with E-state index >= 15 is 0 Å². The van der Waals surface area contributed by atoms with Gasteiger partial charge in [0.2, 0.25) is 0 Å². The molecule has 1 aliphatic carbocycles. The van der Waals surface area contributed by atoms with Gasteiger partial charge >= 0.3 is 5.97 Å². The Balaban J connectivity index is 1.53. The summed E-state index contributed by atoms with van der Waals surface area (Å²) >= 11 is 0. The zero-order valence-corrected chi connectivity index (χ0v) is 21.1. The SMILES string of the molecule is CC(C)(C)[Si](OC1CCC(OC2=CC=COC2C(=O)O)CC1)(c1ccccc1)c1ccccc1. The summed E-state index contributed by atoms with van der Waals surface area (Å²) in [5.74, 6) is -0.675. The van der Waals surface area contributed by atoms with E-state index in [1.165, 1.54) is 16.6 Å². The van der Waals surface area contributed by atoms with Gasteiger partial charge in [-0.2, -0.15) is 0 Å². The third kappa shape index (κ3) is 4.98. The van der Waals surface area contributed by atoms with E-state index in [1.807, 2.05) is 0 Å². The Morgan fingerprint density at radius 2 is 1.44 bits per heavy atom. The van der Waals surface area contributed by atoms with Gasteiger partial charge in [-0.15, -0.1) is 0 Å². The molecule has 2 aromatic carbocycles. The van der Waals surface area contributed by atoms with Crippen molar-refractivity contribution in [2.75, 3.05) is 0 Å². The van der Waals surface area contributed by atoms with Crippen molar-refractivity contribution in [1.82, 2.24) is 0 Å². The van der Waals surface area contributed by atoms with Crippen molar-refractivity contribution in [3.05, 3.63) is 84.8 Å². The molecule has 1 fully saturated rings. The number of allylic oxidation sites excluding steroid dienone is 2. The van der Waals surface area contributed by atoms with Gasteiger partial charge in [-0.05, 0) is 53.2 Å². The number of carboxylic acid groups (broad SMARTS) is 1. The summed E-state index contributed by atoms with van der Waals surface area (Å²) in [6.07, 6.45) is 7.14. The van der Waals surface area contributed by atoms with Crippen molar-refractivity contribution < 1.29 is 23.8 Å². The smallest absolute Gasteiger partial charge is 0.352 e. The molecule has 0 amide bonds. The molecule has 0 saturated heterocycles. The highest BCUT2D eigenvalue weighted by atomic mass is 28.4. The number of hydrogen-bond donors (Lipinski definition) is 1. The molecule has 2 aromatic rings. The molecule has 180 valence electrons. The minimum Gasteiger partial charge on any atom is -0.490 e. The zero-order chi connectivity index (χ0) is 24.2. The van der Waals surface area contributed by atoms with E-state index in [0.29, 0.717) is 5.76 Å². The first-order valence-corrected chi connectivity index (χ1v) is 13.9. The van der Waals surface area contributed by atoms with Gasteiger partial charge < -0.3 is 19.0 Å². The lowest BCUT2D eigenvalue weighted by Gasteiger charge is -2.46. The fraction of sp³-hybridized carbons (Fsp3) is 0.393. The van der Waals surface area contributed by atoms with E-state index in [0.717, 1.165) is 25.7 Å². The molecule has 1 N–H and O–H groups in total. The highest BCUT2D eigenvalue weighted by molar-refractivity contribution is 6.99. The number of hydrogen-bond acceptors (Lipinski definition) is 4. The molecule has 6 heteroatoms. The maximum Gasteiger partial charge on any atom is 0.352 e. The summed E-state index contributed by atoms with van der Waals surface area (Å²) in [4.78, 5) is 11.5. The summed E-state index contributed by atoms with van der Waals surface area (Å²) in [5.41, 5.74) is 0. The Kier molecular flexibility index (Phi) is 7.29. The lowest BCUT2D eigenvalue weighted by Crippen LogP contribution is -2.67. The third-order valence-electron chi connectivity index (χ3n) is 6.72. The van der Waals surface area contributed by atoms with Crippen LogP contribution in [0.3, 0.4) is 0 Å². The van der Waals surface area contributed by atoms with Crippen LogP contribution in [-0.4, -0.2) is 37.7 Å². The van der Waals surface area contributed by atoms with Crippen LogP contribution in [0.25, 0.3) is 0 Å². The standard InChI is InChI=1S/C28H34O5Si/c1-28(2,3)34(23-11-6-4-7-12-23,24-13-8-5-9-14-24)33-22-18-16-21(17-19-22)32-25-15-10-20-31-26(25)27(29)30/h4-15,20-22,26H,16-19H2,1-3H3,(H,29,30). The number of aliphatic carboxylic acids is 1. The van der Waals surface area contributed by atoms with Gasteiger partial charge in [0.05, 0.1) is 12.4 Å². The van der Waals surface area contributed by atoms with E-state index in [-0.39, 0.29) is 17.2 Å². The van der Waals surface area contributed by atoms with Crippen LogP contribution in [0.15, 0.2) is 84.8 Å². The Morgan fingerprint density at radius 3 is 1.94 bits per heavy atom. The zero-order valence-electron chi connectivity index (χ0n) is 20.1. The minimum atomic E-state index is -2.59. The second-order valence-corrected chi connectivity index (χ2v) is 14.3. The Bertz CT molecular complexity index is 978. The normalized spacial score (nSPS) is 23.0. The van der Waals surface area contributed by atoms with Crippen LogP contribution in [0.4, 0.5) is 0 Å². The fourth-order valence-electron chi connectivity index (χ4n) is 5.10. The van der Waals surface area contributed by atoms with Crippen LogP contribution >= 0.6 is 0 Å². The predicted octanol–water partition coefficient (Wildman–Crippen LogP) is 4.77. The molecular formula is C28H34O5Si. The molecule has 1 heterocycles. The average molecular weight is 479 g/mol. The summed E-state index contributed by atoms with van der Waals surface area (Å²) in [5, 5.41) is 11.9. The molecule has 4 rings (SSSR count). The minimum absolute atomic E-state index is 0.0396. The van der Waals surface area contributed by atoms with Gasteiger partial charge in [0, 0.05) is 6.10 Å². The highest BCUT2D eigenvalue weighted by Gasteiger charge is 2.51. The van der Waals surface area contributed by atoms with Crippen LogP contribution in [0.2, 0.25) is 5.04 Å². The van der Waals surface area contributed by atoms with Gasteiger partial charge in [0.25, 0.3) is 14.4 Å². The first-order valence-electron chi connectivity index (χ1n) is 12.0. The van der Waals surface area contributed by atoms with Crippen molar-refractivity contribution >= 4 is 24.7 Å². The molecule has 0 bridgehead atoms.